The monoisotopic (exact) mass is 383 g/mol. The van der Waals surface area contributed by atoms with Crippen molar-refractivity contribution in [2.24, 2.45) is 0 Å². The molecular formula is C21H27N4O3+. The molecule has 0 aliphatic carbocycles. The fourth-order valence-electron chi connectivity index (χ4n) is 3.71. The van der Waals surface area contributed by atoms with Gasteiger partial charge in [-0.2, -0.15) is 0 Å². The molecule has 2 aromatic rings. The molecule has 0 bridgehead atoms. The number of amides is 1. The summed E-state index contributed by atoms with van der Waals surface area (Å²) in [5, 5.41) is 13.9. The molecule has 1 aliphatic heterocycles. The van der Waals surface area contributed by atoms with E-state index in [1.54, 1.807) is 18.2 Å². The Hall–Kier alpha value is -2.93. The average Bonchev–Trinajstić information content (AvgIpc) is 2.70. The second kappa shape index (κ2) is 8.39. The largest absolute Gasteiger partial charge is 0.360 e. The Labute approximate surface area is 165 Å². The van der Waals surface area contributed by atoms with Gasteiger partial charge in [0.1, 0.15) is 5.69 Å². The van der Waals surface area contributed by atoms with Gasteiger partial charge in [0.2, 0.25) is 0 Å². The van der Waals surface area contributed by atoms with E-state index in [1.165, 1.54) is 27.8 Å². The molecule has 148 valence electrons. The lowest BCUT2D eigenvalue weighted by molar-refractivity contribution is -0.914. The summed E-state index contributed by atoms with van der Waals surface area (Å²) in [5.74, 6) is -0.190. The molecule has 2 aromatic carbocycles. The molecule has 0 spiro atoms. The number of benzene rings is 2. The number of anilines is 2. The Kier molecular flexibility index (Phi) is 5.94. The predicted octanol–water partition coefficient (Wildman–Crippen LogP) is 1.94. The van der Waals surface area contributed by atoms with Crippen molar-refractivity contribution < 1.29 is 14.6 Å². The van der Waals surface area contributed by atoms with Gasteiger partial charge in [-0.25, -0.2) is 0 Å². The van der Waals surface area contributed by atoms with Gasteiger partial charge in [-0.3, -0.25) is 14.9 Å². The van der Waals surface area contributed by atoms with E-state index in [2.05, 4.69) is 42.3 Å². The van der Waals surface area contributed by atoms with Crippen molar-refractivity contribution in [3.05, 3.63) is 63.7 Å². The number of nitro benzene ring substituents is 1. The zero-order valence-electron chi connectivity index (χ0n) is 16.6. The van der Waals surface area contributed by atoms with Crippen LogP contribution in [0.4, 0.5) is 17.1 Å². The Bertz CT molecular complexity index is 876. The Balaban J connectivity index is 1.62. The topological polar surface area (TPSA) is 79.9 Å². The molecule has 3 rings (SSSR count). The number of carbonyl (C=O) groups excluding carboxylic acids is 1. The number of quaternary nitrogens is 1. The first-order valence-electron chi connectivity index (χ1n) is 9.58. The summed E-state index contributed by atoms with van der Waals surface area (Å²) in [4.78, 5) is 26.9. The molecule has 1 aliphatic rings. The molecular weight excluding hydrogens is 356 g/mol. The molecule has 1 atom stereocenters. The standard InChI is InChI=1S/C21H26N4O3/c1-15-7-6-10-19(16(15)2)24-13-11-23(12-14-24)17(3)21(26)22-18-8-4-5-9-20(18)25(27)28/h4-10,17H,11-14H2,1-3H3,(H,22,26)/p+1/t17-/m1/s1. The van der Waals surface area contributed by atoms with Gasteiger partial charge in [0, 0.05) is 11.8 Å². The van der Waals surface area contributed by atoms with Crippen LogP contribution in [0.5, 0.6) is 0 Å². The van der Waals surface area contributed by atoms with Crippen LogP contribution < -0.4 is 15.1 Å². The lowest BCUT2D eigenvalue weighted by Gasteiger charge is -2.36. The van der Waals surface area contributed by atoms with Crippen LogP contribution in [-0.4, -0.2) is 43.1 Å². The smallest absolute Gasteiger partial charge is 0.292 e. The number of hydrogen-bond acceptors (Lipinski definition) is 4. The van der Waals surface area contributed by atoms with Gasteiger partial charge in [0.05, 0.1) is 31.1 Å². The first kappa shape index (κ1) is 19.8. The van der Waals surface area contributed by atoms with Crippen molar-refractivity contribution in [2.75, 3.05) is 36.4 Å². The lowest BCUT2D eigenvalue weighted by atomic mass is 10.1. The minimum atomic E-state index is -0.476. The number of nitro groups is 1. The predicted molar refractivity (Wildman–Crippen MR) is 110 cm³/mol. The maximum Gasteiger partial charge on any atom is 0.292 e. The summed E-state index contributed by atoms with van der Waals surface area (Å²) in [6.07, 6.45) is 0. The molecule has 0 unspecified atom stereocenters. The first-order valence-corrected chi connectivity index (χ1v) is 9.58. The highest BCUT2D eigenvalue weighted by Gasteiger charge is 2.30. The van der Waals surface area contributed by atoms with Gasteiger partial charge in [-0.05, 0) is 44.0 Å². The van der Waals surface area contributed by atoms with Crippen LogP contribution >= 0.6 is 0 Å². The van der Waals surface area contributed by atoms with Crippen molar-refractivity contribution in [3.8, 4) is 0 Å². The van der Waals surface area contributed by atoms with Crippen molar-refractivity contribution in [1.82, 2.24) is 0 Å². The van der Waals surface area contributed by atoms with Crippen molar-refractivity contribution in [3.63, 3.8) is 0 Å². The molecule has 7 nitrogen and oxygen atoms in total. The number of nitrogens with one attached hydrogen (secondary N) is 2. The molecule has 1 heterocycles. The molecule has 28 heavy (non-hydrogen) atoms. The summed E-state index contributed by atoms with van der Waals surface area (Å²) in [6, 6.07) is 12.3. The number of nitrogens with zero attached hydrogens (tertiary/aromatic N) is 2. The van der Waals surface area contributed by atoms with E-state index in [0.29, 0.717) is 0 Å². The summed E-state index contributed by atoms with van der Waals surface area (Å²) in [7, 11) is 0. The van der Waals surface area contributed by atoms with E-state index >= 15 is 0 Å². The number of piperazine rings is 1. The molecule has 0 saturated carbocycles. The molecule has 1 saturated heterocycles. The number of para-hydroxylation sites is 2. The maximum atomic E-state index is 12.7. The quantitative estimate of drug-likeness (QED) is 0.611. The van der Waals surface area contributed by atoms with E-state index in [1.807, 2.05) is 6.92 Å². The van der Waals surface area contributed by atoms with Gasteiger partial charge in [-0.15, -0.1) is 0 Å². The average molecular weight is 383 g/mol. The fourth-order valence-corrected chi connectivity index (χ4v) is 3.71. The van der Waals surface area contributed by atoms with E-state index in [9.17, 15) is 14.9 Å². The summed E-state index contributed by atoms with van der Waals surface area (Å²) < 4.78 is 0. The van der Waals surface area contributed by atoms with Crippen LogP contribution in [0.2, 0.25) is 0 Å². The zero-order chi connectivity index (χ0) is 20.3. The van der Waals surface area contributed by atoms with Crippen LogP contribution in [-0.2, 0) is 4.79 Å². The molecule has 2 N–H and O–H groups in total. The number of aryl methyl sites for hydroxylation is 1. The third-order valence-electron chi connectivity index (χ3n) is 5.69. The highest BCUT2D eigenvalue weighted by atomic mass is 16.6. The highest BCUT2D eigenvalue weighted by molar-refractivity contribution is 5.95. The molecule has 1 fully saturated rings. The van der Waals surface area contributed by atoms with Crippen LogP contribution in [0.3, 0.4) is 0 Å². The summed E-state index contributed by atoms with van der Waals surface area (Å²) >= 11 is 0. The third kappa shape index (κ3) is 4.14. The number of carbonyl (C=O) groups is 1. The van der Waals surface area contributed by atoms with Crippen molar-refractivity contribution in [2.45, 2.75) is 26.8 Å². The molecule has 0 aromatic heterocycles. The second-order valence-electron chi connectivity index (χ2n) is 7.35. The normalized spacial score (nSPS) is 15.9. The van der Waals surface area contributed by atoms with Crippen LogP contribution in [0.1, 0.15) is 18.1 Å². The molecule has 1 amide bonds. The molecule has 7 heteroatoms. The van der Waals surface area contributed by atoms with Gasteiger partial charge in [0.25, 0.3) is 11.6 Å². The van der Waals surface area contributed by atoms with E-state index in [0.717, 1.165) is 26.2 Å². The van der Waals surface area contributed by atoms with Crippen molar-refractivity contribution in [1.29, 1.82) is 0 Å². The van der Waals surface area contributed by atoms with Crippen LogP contribution in [0, 0.1) is 24.0 Å². The minimum Gasteiger partial charge on any atom is -0.360 e. The van der Waals surface area contributed by atoms with E-state index in [4.69, 9.17) is 0 Å². The lowest BCUT2D eigenvalue weighted by Crippen LogP contribution is -3.19. The Morgan fingerprint density at radius 1 is 1.14 bits per heavy atom. The van der Waals surface area contributed by atoms with Crippen LogP contribution in [0.15, 0.2) is 42.5 Å². The van der Waals surface area contributed by atoms with E-state index in [-0.39, 0.29) is 23.3 Å². The minimum absolute atomic E-state index is 0.0854. The summed E-state index contributed by atoms with van der Waals surface area (Å²) in [6.45, 7) is 9.60. The van der Waals surface area contributed by atoms with Gasteiger partial charge >= 0.3 is 0 Å². The second-order valence-corrected chi connectivity index (χ2v) is 7.35. The Morgan fingerprint density at radius 3 is 2.50 bits per heavy atom. The third-order valence-corrected chi connectivity index (χ3v) is 5.69. The maximum absolute atomic E-state index is 12.7. The highest BCUT2D eigenvalue weighted by Crippen LogP contribution is 2.24. The Morgan fingerprint density at radius 2 is 1.82 bits per heavy atom. The number of rotatable bonds is 5. The first-order chi connectivity index (χ1) is 13.4. The van der Waals surface area contributed by atoms with E-state index < -0.39 is 4.92 Å². The SMILES string of the molecule is Cc1cccc(N2CC[NH+]([C@H](C)C(=O)Nc3ccccc3[N+](=O)[O-])CC2)c1C. The summed E-state index contributed by atoms with van der Waals surface area (Å²) in [5.41, 5.74) is 4.00. The van der Waals surface area contributed by atoms with Crippen LogP contribution in [0.25, 0.3) is 0 Å². The number of hydrogen-bond donors (Lipinski definition) is 2. The zero-order valence-corrected chi connectivity index (χ0v) is 16.6. The van der Waals surface area contributed by atoms with Gasteiger partial charge in [0.15, 0.2) is 6.04 Å². The molecule has 0 radical (unpaired) electrons. The van der Waals surface area contributed by atoms with Crippen molar-refractivity contribution >= 4 is 23.0 Å². The van der Waals surface area contributed by atoms with Gasteiger partial charge < -0.3 is 15.1 Å². The fraction of sp³-hybridized carbons (Fsp3) is 0.381. The van der Waals surface area contributed by atoms with Gasteiger partial charge in [-0.1, -0.05) is 24.3 Å².